The minimum Gasteiger partial charge on any atom is -0.497 e. The molecular formula is C20H21NO5S2. The molecule has 0 spiro atoms. The first-order chi connectivity index (χ1) is 13.4. The van der Waals surface area contributed by atoms with Crippen molar-refractivity contribution >= 4 is 38.1 Å². The molecule has 1 aromatic carbocycles. The highest BCUT2D eigenvalue weighted by molar-refractivity contribution is 7.91. The van der Waals surface area contributed by atoms with Crippen LogP contribution in [0.25, 0.3) is 11.0 Å². The molecule has 4 rings (SSSR count). The summed E-state index contributed by atoms with van der Waals surface area (Å²) in [4.78, 5) is 16.1. The number of aryl methyl sites for hydroxylation is 1. The average molecular weight is 420 g/mol. The molecule has 0 bridgehead atoms. The predicted molar refractivity (Wildman–Crippen MR) is 109 cm³/mol. The lowest BCUT2D eigenvalue weighted by Gasteiger charge is -2.27. The monoisotopic (exact) mass is 419 g/mol. The first kappa shape index (κ1) is 19.0. The predicted octanol–water partition coefficient (Wildman–Crippen LogP) is 3.64. The second kappa shape index (κ2) is 7.25. The van der Waals surface area contributed by atoms with Gasteiger partial charge in [0.1, 0.15) is 11.3 Å². The summed E-state index contributed by atoms with van der Waals surface area (Å²) in [7, 11) is -1.53. The van der Waals surface area contributed by atoms with Crippen molar-refractivity contribution < 1.29 is 22.4 Å². The van der Waals surface area contributed by atoms with Gasteiger partial charge in [-0.3, -0.25) is 4.79 Å². The Balaban J connectivity index is 1.72. The van der Waals surface area contributed by atoms with Crippen molar-refractivity contribution in [3.8, 4) is 5.75 Å². The number of ether oxygens (including phenoxy) is 1. The maximum atomic E-state index is 13.4. The van der Waals surface area contributed by atoms with Crippen LogP contribution in [-0.4, -0.2) is 43.9 Å². The van der Waals surface area contributed by atoms with Crippen molar-refractivity contribution in [3.63, 3.8) is 0 Å². The van der Waals surface area contributed by atoms with Crippen molar-refractivity contribution in [2.24, 2.45) is 0 Å². The number of fused-ring (bicyclic) bond motifs is 1. The molecule has 6 nitrogen and oxygen atoms in total. The summed E-state index contributed by atoms with van der Waals surface area (Å²) in [5.74, 6) is 0.777. The van der Waals surface area contributed by atoms with Crippen molar-refractivity contribution in [3.05, 3.63) is 51.9 Å². The number of sulfone groups is 1. The third-order valence-corrected chi connectivity index (χ3v) is 7.77. The number of carbonyl (C=O) groups excluding carboxylic acids is 1. The van der Waals surface area contributed by atoms with E-state index >= 15 is 0 Å². The number of furan rings is 1. The van der Waals surface area contributed by atoms with Crippen molar-refractivity contribution in [1.29, 1.82) is 0 Å². The summed E-state index contributed by atoms with van der Waals surface area (Å²) < 4.78 is 35.2. The fourth-order valence-electron chi connectivity index (χ4n) is 3.62. The average Bonchev–Trinajstić information content (AvgIpc) is 3.38. The van der Waals surface area contributed by atoms with Gasteiger partial charge in [0.15, 0.2) is 15.6 Å². The zero-order valence-electron chi connectivity index (χ0n) is 15.7. The van der Waals surface area contributed by atoms with Gasteiger partial charge in [0, 0.05) is 21.9 Å². The zero-order valence-corrected chi connectivity index (χ0v) is 17.3. The Hall–Kier alpha value is -2.32. The van der Waals surface area contributed by atoms with E-state index in [-0.39, 0.29) is 29.2 Å². The van der Waals surface area contributed by atoms with E-state index in [1.54, 1.807) is 35.5 Å². The van der Waals surface area contributed by atoms with E-state index in [4.69, 9.17) is 9.15 Å². The third kappa shape index (κ3) is 3.54. The van der Waals surface area contributed by atoms with Crippen LogP contribution in [0.1, 0.15) is 27.4 Å². The molecule has 28 heavy (non-hydrogen) atoms. The molecule has 8 heteroatoms. The number of rotatable bonds is 5. The summed E-state index contributed by atoms with van der Waals surface area (Å²) in [6.45, 7) is 2.21. The van der Waals surface area contributed by atoms with Crippen LogP contribution in [0.15, 0.2) is 40.1 Å². The Morgan fingerprint density at radius 3 is 2.82 bits per heavy atom. The SMILES string of the molecule is COc1ccc2oc(C(=O)N(Cc3cccs3)[C@H]3CCS(=O)(=O)C3)c(C)c2c1. The Morgan fingerprint density at radius 1 is 1.36 bits per heavy atom. The third-order valence-electron chi connectivity index (χ3n) is 5.15. The molecule has 3 aromatic rings. The minimum atomic E-state index is -3.12. The van der Waals surface area contributed by atoms with Crippen LogP contribution < -0.4 is 4.74 Å². The Morgan fingerprint density at radius 2 is 2.18 bits per heavy atom. The van der Waals surface area contributed by atoms with Gasteiger partial charge in [0.25, 0.3) is 5.91 Å². The molecular weight excluding hydrogens is 398 g/mol. The van der Waals surface area contributed by atoms with Crippen LogP contribution in [0.5, 0.6) is 5.75 Å². The largest absolute Gasteiger partial charge is 0.497 e. The molecule has 1 amide bonds. The minimum absolute atomic E-state index is 0.00276. The van der Waals surface area contributed by atoms with E-state index in [1.165, 1.54) is 0 Å². The molecule has 3 heterocycles. The first-order valence-corrected chi connectivity index (χ1v) is 11.7. The highest BCUT2D eigenvalue weighted by Gasteiger charge is 2.36. The number of nitrogens with zero attached hydrogens (tertiary/aromatic N) is 1. The number of hydrogen-bond donors (Lipinski definition) is 0. The topological polar surface area (TPSA) is 76.8 Å². The smallest absolute Gasteiger partial charge is 0.290 e. The molecule has 1 aliphatic rings. The van der Waals surface area contributed by atoms with Crippen LogP contribution in [0, 0.1) is 6.92 Å². The van der Waals surface area contributed by atoms with Crippen LogP contribution >= 0.6 is 11.3 Å². The lowest BCUT2D eigenvalue weighted by molar-refractivity contribution is 0.0651. The van der Waals surface area contributed by atoms with Gasteiger partial charge in [-0.1, -0.05) is 6.07 Å². The normalized spacial score (nSPS) is 18.4. The summed E-state index contributed by atoms with van der Waals surface area (Å²) >= 11 is 1.55. The first-order valence-electron chi connectivity index (χ1n) is 8.99. The second-order valence-corrected chi connectivity index (χ2v) is 10.2. The van der Waals surface area contributed by atoms with Gasteiger partial charge in [-0.2, -0.15) is 0 Å². The van der Waals surface area contributed by atoms with Gasteiger partial charge in [0.05, 0.1) is 25.2 Å². The van der Waals surface area contributed by atoms with Crippen LogP contribution in [-0.2, 0) is 16.4 Å². The molecule has 1 saturated heterocycles. The van der Waals surface area contributed by atoms with E-state index in [1.807, 2.05) is 30.5 Å². The molecule has 0 aliphatic carbocycles. The zero-order chi connectivity index (χ0) is 19.9. The Bertz CT molecular complexity index is 1120. The molecule has 148 valence electrons. The summed E-state index contributed by atoms with van der Waals surface area (Å²) in [6, 6.07) is 8.93. The van der Waals surface area contributed by atoms with Gasteiger partial charge in [-0.05, 0) is 43.0 Å². The Labute approximate surface area is 167 Å². The number of methoxy groups -OCH3 is 1. The van der Waals surface area contributed by atoms with Crippen molar-refractivity contribution in [1.82, 2.24) is 4.90 Å². The number of benzene rings is 1. The molecule has 0 saturated carbocycles. The number of thiophene rings is 1. The fraction of sp³-hybridized carbons (Fsp3) is 0.350. The molecule has 1 atom stereocenters. The van der Waals surface area contributed by atoms with Crippen LogP contribution in [0.3, 0.4) is 0 Å². The summed E-state index contributed by atoms with van der Waals surface area (Å²) in [6.07, 6.45) is 0.451. The summed E-state index contributed by atoms with van der Waals surface area (Å²) in [5, 5.41) is 2.76. The van der Waals surface area contributed by atoms with Gasteiger partial charge >= 0.3 is 0 Å². The summed E-state index contributed by atoms with van der Waals surface area (Å²) in [5.41, 5.74) is 1.34. The lowest BCUT2D eigenvalue weighted by atomic mass is 10.1. The van der Waals surface area contributed by atoms with Gasteiger partial charge in [-0.15, -0.1) is 11.3 Å². The van der Waals surface area contributed by atoms with E-state index in [0.29, 0.717) is 24.3 Å². The van der Waals surface area contributed by atoms with Crippen molar-refractivity contribution in [2.45, 2.75) is 25.9 Å². The highest BCUT2D eigenvalue weighted by atomic mass is 32.2. The van der Waals surface area contributed by atoms with Crippen LogP contribution in [0.4, 0.5) is 0 Å². The molecule has 1 aliphatic heterocycles. The fourth-order valence-corrected chi connectivity index (χ4v) is 6.05. The Kier molecular flexibility index (Phi) is 4.93. The van der Waals surface area contributed by atoms with Gasteiger partial charge in [-0.25, -0.2) is 8.42 Å². The maximum absolute atomic E-state index is 13.4. The second-order valence-electron chi connectivity index (χ2n) is 6.99. The molecule has 0 N–H and O–H groups in total. The van der Waals surface area contributed by atoms with E-state index in [0.717, 1.165) is 15.8 Å². The van der Waals surface area contributed by atoms with Gasteiger partial charge < -0.3 is 14.1 Å². The standard InChI is InChI=1S/C20H21NO5S2/c1-13-17-10-15(25-2)5-6-18(17)26-19(13)20(22)21(11-16-4-3-8-27-16)14-7-9-28(23,24)12-14/h3-6,8,10,14H,7,9,11-12H2,1-2H3/t14-/m0/s1. The van der Waals surface area contributed by atoms with Gasteiger partial charge in [0.2, 0.25) is 0 Å². The highest BCUT2D eigenvalue weighted by Crippen LogP contribution is 2.31. The lowest BCUT2D eigenvalue weighted by Crippen LogP contribution is -2.40. The molecule has 0 radical (unpaired) electrons. The van der Waals surface area contributed by atoms with Crippen LogP contribution in [0.2, 0.25) is 0 Å². The number of hydrogen-bond acceptors (Lipinski definition) is 6. The molecule has 2 aromatic heterocycles. The van der Waals surface area contributed by atoms with E-state index in [9.17, 15) is 13.2 Å². The van der Waals surface area contributed by atoms with E-state index in [2.05, 4.69) is 0 Å². The molecule has 0 unspecified atom stereocenters. The molecule has 1 fully saturated rings. The quantitative estimate of drug-likeness (QED) is 0.631. The maximum Gasteiger partial charge on any atom is 0.290 e. The van der Waals surface area contributed by atoms with Crippen molar-refractivity contribution in [2.75, 3.05) is 18.6 Å². The number of amides is 1. The van der Waals surface area contributed by atoms with E-state index < -0.39 is 9.84 Å². The number of carbonyl (C=O) groups is 1.